The van der Waals surface area contributed by atoms with E-state index in [9.17, 15) is 4.79 Å². The van der Waals surface area contributed by atoms with E-state index in [-0.39, 0.29) is 12.1 Å². The van der Waals surface area contributed by atoms with Crippen molar-refractivity contribution in [1.82, 2.24) is 0 Å². The first-order chi connectivity index (χ1) is 11.2. The van der Waals surface area contributed by atoms with Crippen LogP contribution < -0.4 is 0 Å². The zero-order valence-corrected chi connectivity index (χ0v) is 14.1. The zero-order valence-electron chi connectivity index (χ0n) is 14.1. The van der Waals surface area contributed by atoms with Crippen molar-refractivity contribution in [3.8, 4) is 0 Å². The Morgan fingerprint density at radius 1 is 0.957 bits per heavy atom. The average molecular weight is 310 g/mol. The van der Waals surface area contributed by atoms with Gasteiger partial charge in [0.2, 0.25) is 0 Å². The smallest absolute Gasteiger partial charge is 0.338 e. The molecule has 23 heavy (non-hydrogen) atoms. The average Bonchev–Trinajstić information content (AvgIpc) is 2.60. The summed E-state index contributed by atoms with van der Waals surface area (Å²) in [6.07, 6.45) is 4.56. The van der Waals surface area contributed by atoms with Crippen LogP contribution in [0.3, 0.4) is 0 Å². The van der Waals surface area contributed by atoms with E-state index in [2.05, 4.69) is 26.0 Å². The summed E-state index contributed by atoms with van der Waals surface area (Å²) >= 11 is 0. The van der Waals surface area contributed by atoms with E-state index in [4.69, 9.17) is 4.74 Å². The van der Waals surface area contributed by atoms with Crippen molar-refractivity contribution in [2.45, 2.75) is 52.1 Å². The number of esters is 1. The summed E-state index contributed by atoms with van der Waals surface area (Å²) in [6, 6.07) is 18.1. The van der Waals surface area contributed by atoms with Gasteiger partial charge in [0.15, 0.2) is 0 Å². The summed E-state index contributed by atoms with van der Waals surface area (Å²) < 4.78 is 5.80. The highest BCUT2D eigenvalue weighted by molar-refractivity contribution is 5.91. The third-order valence-electron chi connectivity index (χ3n) is 4.10. The molecule has 0 aliphatic heterocycles. The van der Waals surface area contributed by atoms with Crippen LogP contribution in [0, 0.1) is 0 Å². The summed E-state index contributed by atoms with van der Waals surface area (Å²) in [4.78, 5) is 12.5. The highest BCUT2D eigenvalue weighted by atomic mass is 16.5. The van der Waals surface area contributed by atoms with Crippen LogP contribution in [-0.2, 0) is 17.6 Å². The summed E-state index contributed by atoms with van der Waals surface area (Å²) in [5, 5.41) is 0. The highest BCUT2D eigenvalue weighted by Gasteiger charge is 2.17. The number of aryl methyl sites for hydroxylation is 2. The minimum Gasteiger partial charge on any atom is -0.459 e. The second kappa shape index (κ2) is 9.14. The molecule has 0 spiro atoms. The van der Waals surface area contributed by atoms with Crippen molar-refractivity contribution in [2.75, 3.05) is 0 Å². The van der Waals surface area contributed by atoms with Crippen molar-refractivity contribution < 1.29 is 9.53 Å². The molecule has 122 valence electrons. The SMILES string of the molecule is CCCC(CCc1ccccc1)OC(=O)c1ccccc1CC. The first kappa shape index (κ1) is 17.3. The van der Waals surface area contributed by atoms with Crippen molar-refractivity contribution in [3.05, 3.63) is 71.3 Å². The zero-order chi connectivity index (χ0) is 16.5. The maximum Gasteiger partial charge on any atom is 0.338 e. The van der Waals surface area contributed by atoms with Crippen molar-refractivity contribution in [1.29, 1.82) is 0 Å². The number of carbonyl (C=O) groups is 1. The lowest BCUT2D eigenvalue weighted by Crippen LogP contribution is -2.20. The second-order valence-corrected chi connectivity index (χ2v) is 5.85. The molecule has 0 saturated heterocycles. The van der Waals surface area contributed by atoms with Gasteiger partial charge >= 0.3 is 5.97 Å². The summed E-state index contributed by atoms with van der Waals surface area (Å²) in [6.45, 7) is 4.19. The van der Waals surface area contributed by atoms with Gasteiger partial charge in [-0.05, 0) is 42.9 Å². The first-order valence-electron chi connectivity index (χ1n) is 8.57. The Bertz CT molecular complexity index is 604. The first-order valence-corrected chi connectivity index (χ1v) is 8.57. The molecule has 0 fully saturated rings. The third kappa shape index (κ3) is 5.24. The van der Waals surface area contributed by atoms with Gasteiger partial charge in [-0.1, -0.05) is 68.8 Å². The van der Waals surface area contributed by atoms with Crippen LogP contribution in [0.4, 0.5) is 0 Å². The van der Waals surface area contributed by atoms with Gasteiger partial charge in [-0.15, -0.1) is 0 Å². The molecular formula is C21H26O2. The molecule has 2 heteroatoms. The third-order valence-corrected chi connectivity index (χ3v) is 4.10. The summed E-state index contributed by atoms with van der Waals surface area (Å²) in [7, 11) is 0. The molecule has 0 bridgehead atoms. The fourth-order valence-electron chi connectivity index (χ4n) is 2.80. The van der Waals surface area contributed by atoms with E-state index < -0.39 is 0 Å². The van der Waals surface area contributed by atoms with Gasteiger partial charge < -0.3 is 4.74 Å². The van der Waals surface area contributed by atoms with Crippen LogP contribution in [0.1, 0.15) is 54.6 Å². The molecule has 0 aliphatic carbocycles. The molecule has 0 heterocycles. The van der Waals surface area contributed by atoms with E-state index in [1.807, 2.05) is 42.5 Å². The van der Waals surface area contributed by atoms with Gasteiger partial charge in [-0.3, -0.25) is 0 Å². The summed E-state index contributed by atoms with van der Waals surface area (Å²) in [5.41, 5.74) is 3.05. The minimum absolute atomic E-state index is 0.0161. The Hall–Kier alpha value is -2.09. The molecular weight excluding hydrogens is 284 g/mol. The number of ether oxygens (including phenoxy) is 1. The molecule has 0 saturated carbocycles. The van der Waals surface area contributed by atoms with Crippen LogP contribution in [0.5, 0.6) is 0 Å². The van der Waals surface area contributed by atoms with Gasteiger partial charge in [0.25, 0.3) is 0 Å². The van der Waals surface area contributed by atoms with Gasteiger partial charge in [-0.2, -0.15) is 0 Å². The van der Waals surface area contributed by atoms with Gasteiger partial charge in [0.05, 0.1) is 5.56 Å². The van der Waals surface area contributed by atoms with Crippen LogP contribution in [-0.4, -0.2) is 12.1 Å². The molecule has 1 atom stereocenters. The highest BCUT2D eigenvalue weighted by Crippen LogP contribution is 2.17. The van der Waals surface area contributed by atoms with E-state index in [1.165, 1.54) is 5.56 Å². The molecule has 2 nitrogen and oxygen atoms in total. The molecule has 2 rings (SSSR count). The molecule has 2 aromatic carbocycles. The predicted molar refractivity (Wildman–Crippen MR) is 94.7 cm³/mol. The Morgan fingerprint density at radius 2 is 1.65 bits per heavy atom. The Labute approximate surface area is 139 Å². The topological polar surface area (TPSA) is 26.3 Å². The normalized spacial score (nSPS) is 11.9. The molecule has 1 unspecified atom stereocenters. The number of carbonyl (C=O) groups excluding carboxylic acids is 1. The Morgan fingerprint density at radius 3 is 2.35 bits per heavy atom. The molecule has 2 aromatic rings. The van der Waals surface area contributed by atoms with Crippen LogP contribution in [0.15, 0.2) is 54.6 Å². The number of hydrogen-bond acceptors (Lipinski definition) is 2. The molecule has 0 amide bonds. The fraction of sp³-hybridized carbons (Fsp3) is 0.381. The van der Waals surface area contributed by atoms with Gasteiger partial charge in [0, 0.05) is 0 Å². The van der Waals surface area contributed by atoms with E-state index >= 15 is 0 Å². The molecule has 0 N–H and O–H groups in total. The van der Waals surface area contributed by atoms with Crippen LogP contribution >= 0.6 is 0 Å². The molecule has 0 aromatic heterocycles. The predicted octanol–water partition coefficient (Wildman–Crippen LogP) is 5.21. The maximum absolute atomic E-state index is 12.5. The van der Waals surface area contributed by atoms with E-state index in [0.29, 0.717) is 5.56 Å². The standard InChI is InChI=1S/C21H26O2/c1-3-10-19(16-15-17-11-6-5-7-12-17)23-21(22)20-14-9-8-13-18(20)4-2/h5-9,11-14,19H,3-4,10,15-16H2,1-2H3. The number of benzene rings is 2. The Kier molecular flexibility index (Phi) is 6.86. The number of hydrogen-bond donors (Lipinski definition) is 0. The van der Waals surface area contributed by atoms with Crippen molar-refractivity contribution in [2.24, 2.45) is 0 Å². The van der Waals surface area contributed by atoms with E-state index in [1.54, 1.807) is 0 Å². The molecule has 0 radical (unpaired) electrons. The van der Waals surface area contributed by atoms with Gasteiger partial charge in [0.1, 0.15) is 6.10 Å². The quantitative estimate of drug-likeness (QED) is 0.626. The number of rotatable bonds is 8. The second-order valence-electron chi connectivity index (χ2n) is 5.85. The van der Waals surface area contributed by atoms with E-state index in [0.717, 1.165) is 37.7 Å². The largest absolute Gasteiger partial charge is 0.459 e. The van der Waals surface area contributed by atoms with Gasteiger partial charge in [-0.25, -0.2) is 4.79 Å². The lowest BCUT2D eigenvalue weighted by atomic mass is 10.0. The minimum atomic E-state index is -0.186. The van der Waals surface area contributed by atoms with Crippen LogP contribution in [0.2, 0.25) is 0 Å². The Balaban J connectivity index is 1.99. The lowest BCUT2D eigenvalue weighted by Gasteiger charge is -2.18. The summed E-state index contributed by atoms with van der Waals surface area (Å²) in [5.74, 6) is -0.186. The maximum atomic E-state index is 12.5. The van der Waals surface area contributed by atoms with Crippen LogP contribution in [0.25, 0.3) is 0 Å². The lowest BCUT2D eigenvalue weighted by molar-refractivity contribution is 0.0259. The monoisotopic (exact) mass is 310 g/mol. The molecule has 0 aliphatic rings. The fourth-order valence-corrected chi connectivity index (χ4v) is 2.80. The van der Waals surface area contributed by atoms with Crippen molar-refractivity contribution >= 4 is 5.97 Å². The van der Waals surface area contributed by atoms with Crippen molar-refractivity contribution in [3.63, 3.8) is 0 Å².